The monoisotopic (exact) mass is 199 g/mol. The van der Waals surface area contributed by atoms with Crippen LogP contribution in [0.25, 0.3) is 0 Å². The van der Waals surface area contributed by atoms with Crippen LogP contribution in [-0.2, 0) is 0 Å². The smallest absolute Gasteiger partial charge is 0.00221 e. The lowest BCUT2D eigenvalue weighted by atomic mass is 9.87. The molecular formula is C13H29N. The van der Waals surface area contributed by atoms with Gasteiger partial charge in [-0.25, -0.2) is 0 Å². The van der Waals surface area contributed by atoms with Crippen LogP contribution in [0, 0.1) is 11.8 Å². The van der Waals surface area contributed by atoms with E-state index in [2.05, 4.69) is 39.8 Å². The molecule has 0 aliphatic carbocycles. The minimum atomic E-state index is 0.854. The summed E-state index contributed by atoms with van der Waals surface area (Å²) >= 11 is 0. The van der Waals surface area contributed by atoms with Crippen molar-refractivity contribution in [3.63, 3.8) is 0 Å². The van der Waals surface area contributed by atoms with Gasteiger partial charge in [0.25, 0.3) is 0 Å². The van der Waals surface area contributed by atoms with E-state index in [1.165, 1.54) is 38.6 Å². The van der Waals surface area contributed by atoms with Crippen molar-refractivity contribution < 1.29 is 0 Å². The van der Waals surface area contributed by atoms with Crippen molar-refractivity contribution in [1.29, 1.82) is 0 Å². The molecule has 14 heavy (non-hydrogen) atoms. The number of rotatable bonds is 8. The number of nitrogens with zero attached hydrogens (tertiary/aromatic N) is 1. The second-order valence-electron chi connectivity index (χ2n) is 5.09. The van der Waals surface area contributed by atoms with Crippen molar-refractivity contribution >= 4 is 0 Å². The van der Waals surface area contributed by atoms with Gasteiger partial charge in [0.15, 0.2) is 0 Å². The highest BCUT2D eigenvalue weighted by molar-refractivity contribution is 4.64. The van der Waals surface area contributed by atoms with Crippen LogP contribution in [0.3, 0.4) is 0 Å². The van der Waals surface area contributed by atoms with Crippen LogP contribution >= 0.6 is 0 Å². The molecule has 1 nitrogen and oxygen atoms in total. The Morgan fingerprint density at radius 1 is 1.00 bits per heavy atom. The maximum Gasteiger partial charge on any atom is -0.00221 e. The standard InChI is InChI=1S/C13H29N/c1-6-7-8-9-13(12(2)3)10-11-14(4)5/h12-13H,6-11H2,1-5H3. The van der Waals surface area contributed by atoms with E-state index in [1.807, 2.05) is 0 Å². The molecule has 0 saturated carbocycles. The molecule has 0 rings (SSSR count). The number of hydrogen-bond acceptors (Lipinski definition) is 1. The summed E-state index contributed by atoms with van der Waals surface area (Å²) in [6.07, 6.45) is 6.98. The molecule has 1 unspecified atom stereocenters. The zero-order valence-corrected chi connectivity index (χ0v) is 10.8. The Morgan fingerprint density at radius 3 is 2.07 bits per heavy atom. The first-order chi connectivity index (χ1) is 6.57. The molecule has 86 valence electrons. The van der Waals surface area contributed by atoms with Crippen LogP contribution in [0.5, 0.6) is 0 Å². The second kappa shape index (κ2) is 8.28. The van der Waals surface area contributed by atoms with Crippen molar-refractivity contribution in [3.05, 3.63) is 0 Å². The second-order valence-corrected chi connectivity index (χ2v) is 5.09. The molecule has 0 amide bonds. The summed E-state index contributed by atoms with van der Waals surface area (Å²) in [5, 5.41) is 0. The van der Waals surface area contributed by atoms with Gasteiger partial charge in [-0.05, 0) is 38.9 Å². The first kappa shape index (κ1) is 14.0. The third-order valence-electron chi connectivity index (χ3n) is 3.07. The van der Waals surface area contributed by atoms with Crippen LogP contribution in [0.15, 0.2) is 0 Å². The molecule has 0 N–H and O–H groups in total. The molecule has 0 aliphatic rings. The topological polar surface area (TPSA) is 3.24 Å². The molecule has 0 spiro atoms. The molecule has 0 bridgehead atoms. The highest BCUT2D eigenvalue weighted by Gasteiger charge is 2.12. The third-order valence-corrected chi connectivity index (χ3v) is 3.07. The van der Waals surface area contributed by atoms with Crippen LogP contribution in [0.2, 0.25) is 0 Å². The predicted molar refractivity (Wildman–Crippen MR) is 65.6 cm³/mol. The summed E-state index contributed by atoms with van der Waals surface area (Å²) in [5.41, 5.74) is 0. The SMILES string of the molecule is CCCCCC(CCN(C)C)C(C)C. The molecule has 0 heterocycles. The summed E-state index contributed by atoms with van der Waals surface area (Å²) in [4.78, 5) is 2.30. The van der Waals surface area contributed by atoms with E-state index in [9.17, 15) is 0 Å². The molecule has 0 aromatic heterocycles. The molecule has 0 aromatic carbocycles. The number of unbranched alkanes of at least 4 members (excludes halogenated alkanes) is 2. The molecule has 0 fully saturated rings. The summed E-state index contributed by atoms with van der Waals surface area (Å²) < 4.78 is 0. The first-order valence-corrected chi connectivity index (χ1v) is 6.22. The van der Waals surface area contributed by atoms with Crippen LogP contribution in [0.4, 0.5) is 0 Å². The van der Waals surface area contributed by atoms with E-state index >= 15 is 0 Å². The Bertz CT molecular complexity index is 118. The van der Waals surface area contributed by atoms with E-state index in [1.54, 1.807) is 0 Å². The zero-order chi connectivity index (χ0) is 11.0. The zero-order valence-electron chi connectivity index (χ0n) is 10.8. The summed E-state index contributed by atoms with van der Waals surface area (Å²) in [7, 11) is 4.34. The first-order valence-electron chi connectivity index (χ1n) is 6.22. The fourth-order valence-electron chi connectivity index (χ4n) is 1.89. The molecule has 0 radical (unpaired) electrons. The minimum absolute atomic E-state index is 0.854. The molecular weight excluding hydrogens is 170 g/mol. The average molecular weight is 199 g/mol. The summed E-state index contributed by atoms with van der Waals surface area (Å²) in [5.74, 6) is 1.79. The van der Waals surface area contributed by atoms with E-state index < -0.39 is 0 Å². The van der Waals surface area contributed by atoms with Crippen molar-refractivity contribution in [2.24, 2.45) is 11.8 Å². The number of hydrogen-bond donors (Lipinski definition) is 0. The molecule has 0 aliphatic heterocycles. The van der Waals surface area contributed by atoms with Crippen LogP contribution in [-0.4, -0.2) is 25.5 Å². The lowest BCUT2D eigenvalue weighted by Crippen LogP contribution is -2.19. The largest absolute Gasteiger partial charge is 0.309 e. The summed E-state index contributed by atoms with van der Waals surface area (Å²) in [6, 6.07) is 0. The van der Waals surface area contributed by atoms with Gasteiger partial charge in [0.1, 0.15) is 0 Å². The van der Waals surface area contributed by atoms with Crippen LogP contribution < -0.4 is 0 Å². The molecule has 1 atom stereocenters. The third kappa shape index (κ3) is 7.37. The van der Waals surface area contributed by atoms with E-state index in [4.69, 9.17) is 0 Å². The van der Waals surface area contributed by atoms with E-state index in [0.29, 0.717) is 0 Å². The lowest BCUT2D eigenvalue weighted by molar-refractivity contribution is 0.279. The van der Waals surface area contributed by atoms with Gasteiger partial charge in [0.2, 0.25) is 0 Å². The van der Waals surface area contributed by atoms with Crippen LogP contribution in [0.1, 0.15) is 52.9 Å². The molecule has 0 aromatic rings. The highest BCUT2D eigenvalue weighted by Crippen LogP contribution is 2.22. The van der Waals surface area contributed by atoms with Crippen molar-refractivity contribution in [3.8, 4) is 0 Å². The van der Waals surface area contributed by atoms with Crippen molar-refractivity contribution in [2.45, 2.75) is 52.9 Å². The predicted octanol–water partition coefficient (Wildman–Crippen LogP) is 3.79. The minimum Gasteiger partial charge on any atom is -0.309 e. The van der Waals surface area contributed by atoms with Gasteiger partial charge >= 0.3 is 0 Å². The maximum atomic E-state index is 2.37. The Kier molecular flexibility index (Phi) is 8.26. The molecule has 0 saturated heterocycles. The highest BCUT2D eigenvalue weighted by atomic mass is 15.0. The van der Waals surface area contributed by atoms with Crippen molar-refractivity contribution in [1.82, 2.24) is 4.90 Å². The van der Waals surface area contributed by atoms with E-state index in [-0.39, 0.29) is 0 Å². The Balaban J connectivity index is 3.66. The fraction of sp³-hybridized carbons (Fsp3) is 1.00. The molecule has 1 heteroatoms. The van der Waals surface area contributed by atoms with Gasteiger partial charge in [-0.3, -0.25) is 0 Å². The van der Waals surface area contributed by atoms with Crippen molar-refractivity contribution in [2.75, 3.05) is 20.6 Å². The lowest BCUT2D eigenvalue weighted by Gasteiger charge is -2.22. The van der Waals surface area contributed by atoms with E-state index in [0.717, 1.165) is 11.8 Å². The normalized spacial score (nSPS) is 13.9. The Morgan fingerprint density at radius 2 is 1.64 bits per heavy atom. The quantitative estimate of drug-likeness (QED) is 0.538. The maximum absolute atomic E-state index is 2.37. The fourth-order valence-corrected chi connectivity index (χ4v) is 1.89. The van der Waals surface area contributed by atoms with Gasteiger partial charge in [-0.2, -0.15) is 0 Å². The van der Waals surface area contributed by atoms with Gasteiger partial charge in [0, 0.05) is 0 Å². The van der Waals surface area contributed by atoms with Gasteiger partial charge in [0.05, 0.1) is 0 Å². The van der Waals surface area contributed by atoms with Gasteiger partial charge in [-0.15, -0.1) is 0 Å². The van der Waals surface area contributed by atoms with Gasteiger partial charge in [-0.1, -0.05) is 46.5 Å². The van der Waals surface area contributed by atoms with Gasteiger partial charge < -0.3 is 4.90 Å². The Labute approximate surface area is 90.9 Å². The Hall–Kier alpha value is -0.0400. The average Bonchev–Trinajstić information content (AvgIpc) is 2.10. The summed E-state index contributed by atoms with van der Waals surface area (Å²) in [6.45, 7) is 8.26.